The Morgan fingerprint density at radius 1 is 1.44 bits per heavy atom. The number of benzene rings is 1. The molecule has 2 atom stereocenters. The van der Waals surface area contributed by atoms with Crippen LogP contribution in [-0.2, 0) is 6.54 Å². The highest BCUT2D eigenvalue weighted by atomic mass is 79.9. The van der Waals surface area contributed by atoms with Crippen LogP contribution < -0.4 is 10.2 Å². The summed E-state index contributed by atoms with van der Waals surface area (Å²) in [6.45, 7) is 6.73. The first kappa shape index (κ1) is 14.2. The van der Waals surface area contributed by atoms with E-state index in [2.05, 4.69) is 70.0 Å². The van der Waals surface area contributed by atoms with E-state index in [0.717, 1.165) is 17.6 Å². The molecule has 2 unspecified atom stereocenters. The third kappa shape index (κ3) is 3.03. The number of hydrogen-bond donors (Lipinski definition) is 1. The molecule has 0 aromatic heterocycles. The van der Waals surface area contributed by atoms with E-state index in [4.69, 9.17) is 0 Å². The first-order valence-electron chi connectivity index (χ1n) is 6.44. The molecule has 0 spiro atoms. The molecule has 18 heavy (non-hydrogen) atoms. The van der Waals surface area contributed by atoms with E-state index in [1.54, 1.807) is 0 Å². The molecule has 100 valence electrons. The molecule has 0 saturated carbocycles. The van der Waals surface area contributed by atoms with E-state index >= 15 is 0 Å². The molecule has 1 heterocycles. The van der Waals surface area contributed by atoms with Crippen molar-refractivity contribution in [1.29, 1.82) is 0 Å². The summed E-state index contributed by atoms with van der Waals surface area (Å²) in [4.78, 5) is 2.56. The normalized spacial score (nSPS) is 24.3. The van der Waals surface area contributed by atoms with Crippen LogP contribution in [0, 0.1) is 0 Å². The van der Waals surface area contributed by atoms with Crippen LogP contribution in [-0.4, -0.2) is 30.6 Å². The Morgan fingerprint density at radius 2 is 2.22 bits per heavy atom. The number of hydrogen-bond acceptors (Lipinski definition) is 3. The molecule has 0 aliphatic carbocycles. The van der Waals surface area contributed by atoms with Crippen LogP contribution in [0.4, 0.5) is 5.69 Å². The van der Waals surface area contributed by atoms with Gasteiger partial charge in [0, 0.05) is 40.3 Å². The molecule has 1 N–H and O–H groups in total. The van der Waals surface area contributed by atoms with Gasteiger partial charge in [-0.3, -0.25) is 0 Å². The van der Waals surface area contributed by atoms with Gasteiger partial charge >= 0.3 is 0 Å². The van der Waals surface area contributed by atoms with E-state index in [1.807, 2.05) is 7.05 Å². The summed E-state index contributed by atoms with van der Waals surface area (Å²) in [6, 6.07) is 7.22. The van der Waals surface area contributed by atoms with Gasteiger partial charge in [-0.05, 0) is 37.7 Å². The molecule has 1 aliphatic heterocycles. The predicted octanol–water partition coefficient (Wildman–Crippen LogP) is 3.50. The zero-order valence-electron chi connectivity index (χ0n) is 11.2. The van der Waals surface area contributed by atoms with E-state index in [-0.39, 0.29) is 0 Å². The topological polar surface area (TPSA) is 15.3 Å². The molecule has 1 aromatic carbocycles. The van der Waals surface area contributed by atoms with Gasteiger partial charge in [0.15, 0.2) is 0 Å². The molecule has 1 aliphatic rings. The molecule has 2 nitrogen and oxygen atoms in total. The van der Waals surface area contributed by atoms with Crippen molar-refractivity contribution >= 4 is 33.4 Å². The van der Waals surface area contributed by atoms with Crippen LogP contribution in [0.2, 0.25) is 0 Å². The monoisotopic (exact) mass is 328 g/mol. The van der Waals surface area contributed by atoms with Crippen LogP contribution in [0.25, 0.3) is 0 Å². The lowest BCUT2D eigenvalue weighted by Crippen LogP contribution is -2.45. The van der Waals surface area contributed by atoms with Crippen molar-refractivity contribution in [2.45, 2.75) is 31.7 Å². The highest BCUT2D eigenvalue weighted by Crippen LogP contribution is 2.32. The first-order valence-corrected chi connectivity index (χ1v) is 8.29. The van der Waals surface area contributed by atoms with E-state index in [1.165, 1.54) is 17.0 Å². The fourth-order valence-corrected chi connectivity index (χ4v) is 3.95. The second-order valence-electron chi connectivity index (χ2n) is 4.81. The summed E-state index contributed by atoms with van der Waals surface area (Å²) in [5.41, 5.74) is 2.75. The Kier molecular flexibility index (Phi) is 4.98. The average Bonchev–Trinajstić information content (AvgIpc) is 2.34. The Bertz CT molecular complexity index is 411. The highest BCUT2D eigenvalue weighted by Gasteiger charge is 2.26. The Morgan fingerprint density at radius 3 is 2.94 bits per heavy atom. The van der Waals surface area contributed by atoms with Crippen molar-refractivity contribution in [3.05, 3.63) is 28.2 Å². The molecular formula is C14H21BrN2S. The van der Waals surface area contributed by atoms with Crippen molar-refractivity contribution in [3.63, 3.8) is 0 Å². The molecule has 2 rings (SSSR count). The Hall–Kier alpha value is -0.190. The SMILES string of the molecule is CNCc1cc(Br)ccc1N1CCSC(C)C1C. The fraction of sp³-hybridized carbons (Fsp3) is 0.571. The van der Waals surface area contributed by atoms with Crippen molar-refractivity contribution < 1.29 is 0 Å². The van der Waals surface area contributed by atoms with Gasteiger partial charge in [-0.15, -0.1) is 0 Å². The van der Waals surface area contributed by atoms with Gasteiger partial charge in [-0.25, -0.2) is 0 Å². The number of halogens is 1. The summed E-state index contributed by atoms with van der Waals surface area (Å²) in [5.74, 6) is 1.22. The van der Waals surface area contributed by atoms with Gasteiger partial charge < -0.3 is 10.2 Å². The lowest BCUT2D eigenvalue weighted by atomic mass is 10.1. The van der Waals surface area contributed by atoms with Crippen LogP contribution in [0.3, 0.4) is 0 Å². The summed E-state index contributed by atoms with van der Waals surface area (Å²) in [7, 11) is 2.00. The standard InChI is InChI=1S/C14H21BrN2S/c1-10-11(2)18-7-6-17(10)14-5-4-13(15)8-12(14)9-16-3/h4-5,8,10-11,16H,6-7,9H2,1-3H3. The largest absolute Gasteiger partial charge is 0.367 e. The average molecular weight is 329 g/mol. The lowest BCUT2D eigenvalue weighted by Gasteiger charge is -2.40. The minimum atomic E-state index is 0.598. The lowest BCUT2D eigenvalue weighted by molar-refractivity contribution is 0.623. The van der Waals surface area contributed by atoms with Crippen molar-refractivity contribution in [3.8, 4) is 0 Å². The number of nitrogens with one attached hydrogen (secondary N) is 1. The number of anilines is 1. The molecule has 1 fully saturated rings. The van der Waals surface area contributed by atoms with E-state index < -0.39 is 0 Å². The van der Waals surface area contributed by atoms with Gasteiger partial charge in [-0.2, -0.15) is 11.8 Å². The number of nitrogens with zero attached hydrogens (tertiary/aromatic N) is 1. The maximum atomic E-state index is 3.57. The molecule has 1 aromatic rings. The zero-order valence-corrected chi connectivity index (χ0v) is 13.6. The van der Waals surface area contributed by atoms with Crippen molar-refractivity contribution in [2.24, 2.45) is 0 Å². The summed E-state index contributed by atoms with van der Waals surface area (Å²) < 4.78 is 1.16. The van der Waals surface area contributed by atoms with Crippen molar-refractivity contribution in [1.82, 2.24) is 5.32 Å². The Balaban J connectivity index is 2.31. The maximum absolute atomic E-state index is 3.57. The minimum absolute atomic E-state index is 0.598. The quantitative estimate of drug-likeness (QED) is 0.914. The molecule has 1 saturated heterocycles. The highest BCUT2D eigenvalue weighted by molar-refractivity contribution is 9.10. The van der Waals surface area contributed by atoms with E-state index in [0.29, 0.717) is 11.3 Å². The summed E-state index contributed by atoms with van der Waals surface area (Å²) in [6.07, 6.45) is 0. The maximum Gasteiger partial charge on any atom is 0.0415 e. The molecular weight excluding hydrogens is 308 g/mol. The molecule has 0 amide bonds. The molecule has 0 bridgehead atoms. The smallest absolute Gasteiger partial charge is 0.0415 e. The van der Waals surface area contributed by atoms with Crippen molar-refractivity contribution in [2.75, 3.05) is 24.2 Å². The first-order chi connectivity index (χ1) is 8.63. The van der Waals surface area contributed by atoms with Gasteiger partial charge in [0.2, 0.25) is 0 Å². The van der Waals surface area contributed by atoms with Crippen LogP contribution in [0.15, 0.2) is 22.7 Å². The molecule has 4 heteroatoms. The van der Waals surface area contributed by atoms with E-state index in [9.17, 15) is 0 Å². The summed E-state index contributed by atoms with van der Waals surface area (Å²) >= 11 is 5.65. The predicted molar refractivity (Wildman–Crippen MR) is 85.6 cm³/mol. The van der Waals surface area contributed by atoms with Gasteiger partial charge in [0.1, 0.15) is 0 Å². The number of rotatable bonds is 3. The second-order valence-corrected chi connectivity index (χ2v) is 7.21. The fourth-order valence-electron chi connectivity index (χ4n) is 2.44. The zero-order chi connectivity index (χ0) is 13.1. The molecule has 0 radical (unpaired) electrons. The minimum Gasteiger partial charge on any atom is -0.367 e. The third-order valence-corrected chi connectivity index (χ3v) is 5.43. The van der Waals surface area contributed by atoms with Gasteiger partial charge in [0.25, 0.3) is 0 Å². The second kappa shape index (κ2) is 6.31. The summed E-state index contributed by atoms with van der Waals surface area (Å²) in [5, 5.41) is 3.96. The van der Waals surface area contributed by atoms with Crippen LogP contribution >= 0.6 is 27.7 Å². The van der Waals surface area contributed by atoms with Gasteiger partial charge in [-0.1, -0.05) is 22.9 Å². The van der Waals surface area contributed by atoms with Crippen LogP contribution in [0.1, 0.15) is 19.4 Å². The Labute approximate surface area is 123 Å². The third-order valence-electron chi connectivity index (χ3n) is 3.60. The number of thioether (sulfide) groups is 1. The van der Waals surface area contributed by atoms with Crippen LogP contribution in [0.5, 0.6) is 0 Å². The van der Waals surface area contributed by atoms with Gasteiger partial charge in [0.05, 0.1) is 0 Å².